The van der Waals surface area contributed by atoms with Crippen molar-refractivity contribution in [2.75, 3.05) is 6.54 Å². The molecule has 2 rings (SSSR count). The second-order valence-electron chi connectivity index (χ2n) is 6.64. The van der Waals surface area contributed by atoms with Crippen molar-refractivity contribution in [1.82, 2.24) is 4.90 Å². The highest BCUT2D eigenvalue weighted by atomic mass is 16.6. The molecular weight excluding hydrogens is 246 g/mol. The Morgan fingerprint density at radius 2 is 1.89 bits per heavy atom. The number of hydrogen-bond donors (Lipinski definition) is 1. The lowest BCUT2D eigenvalue weighted by Gasteiger charge is -2.35. The van der Waals surface area contributed by atoms with Crippen LogP contribution in [0.5, 0.6) is 0 Å². The molecule has 1 N–H and O–H groups in total. The normalized spacial score (nSPS) is 30.9. The zero-order chi connectivity index (χ0) is 14.2. The number of ether oxygens (including phenoxy) is 1. The number of fused-ring (bicyclic) bond motifs is 1. The molecule has 0 spiro atoms. The van der Waals surface area contributed by atoms with Gasteiger partial charge in [0.25, 0.3) is 0 Å². The van der Waals surface area contributed by atoms with Crippen LogP contribution in [0.4, 0.5) is 4.79 Å². The molecular formula is C14H23NO4. The highest BCUT2D eigenvalue weighted by Gasteiger charge is 2.43. The van der Waals surface area contributed by atoms with E-state index in [1.165, 1.54) is 0 Å². The molecule has 1 aliphatic heterocycles. The van der Waals surface area contributed by atoms with Crippen LogP contribution in [-0.2, 0) is 9.53 Å². The number of carbonyl (C=O) groups excluding carboxylic acids is 1. The van der Waals surface area contributed by atoms with Gasteiger partial charge in [-0.1, -0.05) is 0 Å². The molecule has 2 fully saturated rings. The lowest BCUT2D eigenvalue weighted by atomic mass is 9.78. The summed E-state index contributed by atoms with van der Waals surface area (Å²) in [5.41, 5.74) is -0.479. The zero-order valence-electron chi connectivity index (χ0n) is 11.9. The van der Waals surface area contributed by atoms with E-state index in [1.54, 1.807) is 4.90 Å². The van der Waals surface area contributed by atoms with E-state index in [-0.39, 0.29) is 18.1 Å². The number of rotatable bonds is 1. The SMILES string of the molecule is CC(C)(C)OC(=O)N1CC[C@H]2C[C@H](C(=O)O)CC[C@H]21. The first-order chi connectivity index (χ1) is 8.78. The van der Waals surface area contributed by atoms with Gasteiger partial charge < -0.3 is 14.7 Å². The lowest BCUT2D eigenvalue weighted by Crippen LogP contribution is -2.43. The van der Waals surface area contributed by atoms with Gasteiger partial charge in [0.2, 0.25) is 0 Å². The molecule has 5 heteroatoms. The van der Waals surface area contributed by atoms with Crippen molar-refractivity contribution >= 4 is 12.1 Å². The molecule has 5 nitrogen and oxygen atoms in total. The minimum absolute atomic E-state index is 0.172. The summed E-state index contributed by atoms with van der Waals surface area (Å²) in [5, 5.41) is 9.08. The monoisotopic (exact) mass is 269 g/mol. The zero-order valence-corrected chi connectivity index (χ0v) is 11.9. The minimum Gasteiger partial charge on any atom is -0.481 e. The fraction of sp³-hybridized carbons (Fsp3) is 0.857. The van der Waals surface area contributed by atoms with Crippen molar-refractivity contribution in [3.63, 3.8) is 0 Å². The Morgan fingerprint density at radius 1 is 1.21 bits per heavy atom. The number of amides is 1. The van der Waals surface area contributed by atoms with Gasteiger partial charge >= 0.3 is 12.1 Å². The van der Waals surface area contributed by atoms with E-state index >= 15 is 0 Å². The van der Waals surface area contributed by atoms with Crippen LogP contribution >= 0.6 is 0 Å². The summed E-state index contributed by atoms with van der Waals surface area (Å²) >= 11 is 0. The van der Waals surface area contributed by atoms with Crippen LogP contribution in [0, 0.1) is 11.8 Å². The van der Waals surface area contributed by atoms with Gasteiger partial charge in [0.15, 0.2) is 0 Å². The number of aliphatic carboxylic acids is 1. The van der Waals surface area contributed by atoms with E-state index < -0.39 is 11.6 Å². The molecule has 1 saturated heterocycles. The maximum Gasteiger partial charge on any atom is 0.410 e. The van der Waals surface area contributed by atoms with Gasteiger partial charge in [-0.3, -0.25) is 4.79 Å². The minimum atomic E-state index is -0.700. The first-order valence-electron chi connectivity index (χ1n) is 7.00. The molecule has 0 bridgehead atoms. The van der Waals surface area contributed by atoms with Gasteiger partial charge in [0.1, 0.15) is 5.60 Å². The van der Waals surface area contributed by atoms with Crippen LogP contribution in [0.25, 0.3) is 0 Å². The number of likely N-dealkylation sites (tertiary alicyclic amines) is 1. The van der Waals surface area contributed by atoms with Gasteiger partial charge in [-0.2, -0.15) is 0 Å². The summed E-state index contributed by atoms with van der Waals surface area (Å²) in [6.07, 6.45) is 2.78. The molecule has 19 heavy (non-hydrogen) atoms. The Labute approximate surface area is 113 Å². The van der Waals surface area contributed by atoms with Crippen molar-refractivity contribution in [2.24, 2.45) is 11.8 Å². The fourth-order valence-corrected chi connectivity index (χ4v) is 3.21. The van der Waals surface area contributed by atoms with Crippen molar-refractivity contribution < 1.29 is 19.4 Å². The Hall–Kier alpha value is -1.26. The summed E-state index contributed by atoms with van der Waals surface area (Å²) in [6, 6.07) is 0.172. The molecule has 2 aliphatic rings. The van der Waals surface area contributed by atoms with Gasteiger partial charge in [0, 0.05) is 12.6 Å². The van der Waals surface area contributed by atoms with E-state index in [4.69, 9.17) is 9.84 Å². The highest BCUT2D eigenvalue weighted by Crippen LogP contribution is 2.39. The lowest BCUT2D eigenvalue weighted by molar-refractivity contribution is -0.143. The number of carbonyl (C=O) groups is 2. The molecule has 1 amide bonds. The maximum atomic E-state index is 12.1. The van der Waals surface area contributed by atoms with Crippen LogP contribution < -0.4 is 0 Å². The first-order valence-corrected chi connectivity index (χ1v) is 7.00. The van der Waals surface area contributed by atoms with Crippen LogP contribution in [0.1, 0.15) is 46.5 Å². The van der Waals surface area contributed by atoms with E-state index in [2.05, 4.69) is 0 Å². The third kappa shape index (κ3) is 3.19. The summed E-state index contributed by atoms with van der Waals surface area (Å²) in [5.74, 6) is -0.614. The summed E-state index contributed by atoms with van der Waals surface area (Å²) in [6.45, 7) is 6.27. The predicted octanol–water partition coefficient (Wildman–Crippen LogP) is 2.50. The second kappa shape index (κ2) is 5.02. The Kier molecular flexibility index (Phi) is 3.74. The van der Waals surface area contributed by atoms with Crippen LogP contribution in [0.15, 0.2) is 0 Å². The third-order valence-electron chi connectivity index (χ3n) is 4.06. The van der Waals surface area contributed by atoms with Gasteiger partial charge in [-0.15, -0.1) is 0 Å². The average molecular weight is 269 g/mol. The Bertz CT molecular complexity index is 374. The summed E-state index contributed by atoms with van der Waals surface area (Å²) in [4.78, 5) is 25.0. The van der Waals surface area contributed by atoms with E-state index in [9.17, 15) is 9.59 Å². The van der Waals surface area contributed by atoms with Crippen LogP contribution in [0.2, 0.25) is 0 Å². The van der Waals surface area contributed by atoms with Gasteiger partial charge in [0.05, 0.1) is 5.92 Å². The molecule has 0 aromatic carbocycles. The standard InChI is InChI=1S/C14H23NO4/c1-14(2,3)19-13(18)15-7-6-9-8-10(12(16)17)4-5-11(9)15/h9-11H,4-8H2,1-3H3,(H,16,17)/t9-,10+,11+/m0/s1. The van der Waals surface area contributed by atoms with Gasteiger partial charge in [-0.25, -0.2) is 4.79 Å². The van der Waals surface area contributed by atoms with Crippen molar-refractivity contribution in [2.45, 2.75) is 58.1 Å². The molecule has 0 unspecified atom stereocenters. The van der Waals surface area contributed by atoms with Crippen molar-refractivity contribution in [3.8, 4) is 0 Å². The molecule has 0 aromatic heterocycles. The van der Waals surface area contributed by atoms with Gasteiger partial charge in [-0.05, 0) is 52.4 Å². The molecule has 1 aliphatic carbocycles. The van der Waals surface area contributed by atoms with E-state index in [1.807, 2.05) is 20.8 Å². The number of carboxylic acid groups (broad SMARTS) is 1. The predicted molar refractivity (Wildman–Crippen MR) is 69.8 cm³/mol. The van der Waals surface area contributed by atoms with E-state index in [0.29, 0.717) is 25.3 Å². The number of hydrogen-bond acceptors (Lipinski definition) is 3. The Balaban J connectivity index is 1.97. The van der Waals surface area contributed by atoms with E-state index in [0.717, 1.165) is 12.8 Å². The summed E-state index contributed by atoms with van der Waals surface area (Å²) in [7, 11) is 0. The largest absolute Gasteiger partial charge is 0.481 e. The first kappa shape index (κ1) is 14.2. The number of carboxylic acids is 1. The highest BCUT2D eigenvalue weighted by molar-refractivity contribution is 5.71. The topological polar surface area (TPSA) is 66.8 Å². The fourth-order valence-electron chi connectivity index (χ4n) is 3.21. The summed E-state index contributed by atoms with van der Waals surface area (Å²) < 4.78 is 5.42. The second-order valence-corrected chi connectivity index (χ2v) is 6.64. The van der Waals surface area contributed by atoms with Crippen LogP contribution in [-0.4, -0.2) is 40.3 Å². The average Bonchev–Trinajstić information content (AvgIpc) is 2.68. The molecule has 0 aromatic rings. The molecule has 1 saturated carbocycles. The van der Waals surface area contributed by atoms with Crippen molar-refractivity contribution in [1.29, 1.82) is 0 Å². The third-order valence-corrected chi connectivity index (χ3v) is 4.06. The van der Waals surface area contributed by atoms with Crippen LogP contribution in [0.3, 0.4) is 0 Å². The number of nitrogens with zero attached hydrogens (tertiary/aromatic N) is 1. The maximum absolute atomic E-state index is 12.1. The molecule has 3 atom stereocenters. The molecule has 1 heterocycles. The molecule has 0 radical (unpaired) electrons. The quantitative estimate of drug-likeness (QED) is 0.794. The Morgan fingerprint density at radius 3 is 2.47 bits per heavy atom. The van der Waals surface area contributed by atoms with Crippen molar-refractivity contribution in [3.05, 3.63) is 0 Å². The smallest absolute Gasteiger partial charge is 0.410 e. The molecule has 108 valence electrons.